The van der Waals surface area contributed by atoms with Crippen molar-refractivity contribution in [3.8, 4) is 0 Å². The molecule has 0 aliphatic carbocycles. The van der Waals surface area contributed by atoms with Gasteiger partial charge in [-0.15, -0.1) is 11.3 Å². The average Bonchev–Trinajstić information content (AvgIpc) is 3.07. The molecule has 8 heteroatoms. The molecule has 1 fully saturated rings. The monoisotopic (exact) mass is 368 g/mol. The predicted octanol–water partition coefficient (Wildman–Crippen LogP) is 1.94. The van der Waals surface area contributed by atoms with Crippen LogP contribution < -0.4 is 4.72 Å². The number of ether oxygens (including phenoxy) is 2. The fraction of sp³-hybridized carbons (Fsp3) is 0.438. The summed E-state index contributed by atoms with van der Waals surface area (Å²) < 4.78 is 38.9. The Morgan fingerprint density at radius 1 is 1.33 bits per heavy atom. The first-order valence-electron chi connectivity index (χ1n) is 7.73. The number of aromatic nitrogens is 1. The molecule has 1 aliphatic heterocycles. The Morgan fingerprint density at radius 2 is 2.17 bits per heavy atom. The lowest BCUT2D eigenvalue weighted by atomic mass is 10.1. The van der Waals surface area contributed by atoms with Crippen LogP contribution in [-0.4, -0.2) is 38.8 Å². The second-order valence-electron chi connectivity index (χ2n) is 5.66. The molecule has 24 heavy (non-hydrogen) atoms. The first-order chi connectivity index (χ1) is 11.6. The summed E-state index contributed by atoms with van der Waals surface area (Å²) in [7, 11) is -3.44. The molecule has 0 unspecified atom stereocenters. The van der Waals surface area contributed by atoms with E-state index in [1.54, 1.807) is 17.6 Å². The molecule has 2 atom stereocenters. The third-order valence-corrected chi connectivity index (χ3v) is 5.77. The van der Waals surface area contributed by atoms with Gasteiger partial charge in [-0.3, -0.25) is 0 Å². The van der Waals surface area contributed by atoms with Crippen LogP contribution in [0.5, 0.6) is 0 Å². The van der Waals surface area contributed by atoms with Gasteiger partial charge in [0.15, 0.2) is 0 Å². The lowest BCUT2D eigenvalue weighted by molar-refractivity contribution is -0.0718. The molecule has 0 radical (unpaired) electrons. The number of rotatable bonds is 7. The van der Waals surface area contributed by atoms with Crippen LogP contribution in [0, 0.1) is 0 Å². The molecule has 130 valence electrons. The Labute approximate surface area is 145 Å². The van der Waals surface area contributed by atoms with Crippen molar-refractivity contribution >= 4 is 21.4 Å². The van der Waals surface area contributed by atoms with E-state index >= 15 is 0 Å². The van der Waals surface area contributed by atoms with E-state index in [-0.39, 0.29) is 17.9 Å². The molecule has 1 saturated heterocycles. The maximum atomic E-state index is 12.4. The van der Waals surface area contributed by atoms with Crippen molar-refractivity contribution < 1.29 is 17.9 Å². The van der Waals surface area contributed by atoms with Crippen LogP contribution in [0.4, 0.5) is 0 Å². The molecule has 1 N–H and O–H groups in total. The standard InChI is InChI=1S/C16H20N2O4S2/c19-24(20,11-13-4-2-1-3-5-13)18-15-6-7-21-9-16(15)22-8-14-10-23-12-17-14/h1-5,10,12,15-16,18H,6-9,11H2/t15-,16-/m1/s1. The second-order valence-corrected chi connectivity index (χ2v) is 8.13. The van der Waals surface area contributed by atoms with E-state index < -0.39 is 10.0 Å². The van der Waals surface area contributed by atoms with E-state index in [1.165, 1.54) is 11.3 Å². The fourth-order valence-corrected chi connectivity index (χ4v) is 4.57. The Hall–Kier alpha value is -1.32. The summed E-state index contributed by atoms with van der Waals surface area (Å²) in [6.45, 7) is 1.26. The molecule has 0 amide bonds. The third kappa shape index (κ3) is 5.09. The highest BCUT2D eigenvalue weighted by molar-refractivity contribution is 7.88. The van der Waals surface area contributed by atoms with Gasteiger partial charge in [0.2, 0.25) is 10.0 Å². The Balaban J connectivity index is 1.60. The van der Waals surface area contributed by atoms with Crippen LogP contribution in [0.1, 0.15) is 17.7 Å². The molecule has 0 saturated carbocycles. The Morgan fingerprint density at radius 3 is 2.92 bits per heavy atom. The van der Waals surface area contributed by atoms with Gasteiger partial charge in [0, 0.05) is 12.0 Å². The molecule has 0 bridgehead atoms. The van der Waals surface area contributed by atoms with Crippen LogP contribution in [0.15, 0.2) is 41.2 Å². The lowest BCUT2D eigenvalue weighted by Gasteiger charge is -2.31. The highest BCUT2D eigenvalue weighted by Crippen LogP contribution is 2.16. The highest BCUT2D eigenvalue weighted by atomic mass is 32.2. The number of nitrogens with one attached hydrogen (secondary N) is 1. The SMILES string of the molecule is O=S(=O)(Cc1ccccc1)N[C@@H]1CCOC[C@H]1OCc1cscn1. The minimum absolute atomic E-state index is 0.0377. The Bertz CT molecular complexity index is 720. The van der Waals surface area contributed by atoms with E-state index in [4.69, 9.17) is 9.47 Å². The minimum Gasteiger partial charge on any atom is -0.379 e. The van der Waals surface area contributed by atoms with Gasteiger partial charge >= 0.3 is 0 Å². The summed E-state index contributed by atoms with van der Waals surface area (Å²) in [5.74, 6) is -0.0377. The van der Waals surface area contributed by atoms with Gasteiger partial charge in [0.25, 0.3) is 0 Å². The molecule has 2 heterocycles. The van der Waals surface area contributed by atoms with Crippen molar-refractivity contribution in [2.24, 2.45) is 0 Å². The van der Waals surface area contributed by atoms with E-state index in [0.29, 0.717) is 26.2 Å². The van der Waals surface area contributed by atoms with Crippen LogP contribution >= 0.6 is 11.3 Å². The molecule has 2 aromatic rings. The molecule has 1 aromatic heterocycles. The van der Waals surface area contributed by atoms with Gasteiger partial charge < -0.3 is 9.47 Å². The van der Waals surface area contributed by atoms with E-state index in [2.05, 4.69) is 9.71 Å². The zero-order chi connectivity index (χ0) is 16.8. The van der Waals surface area contributed by atoms with E-state index in [9.17, 15) is 8.42 Å². The molecule has 0 spiro atoms. The van der Waals surface area contributed by atoms with Gasteiger partial charge in [-0.2, -0.15) is 0 Å². The third-order valence-electron chi connectivity index (χ3n) is 3.76. The van der Waals surface area contributed by atoms with Crippen molar-refractivity contribution in [3.63, 3.8) is 0 Å². The van der Waals surface area contributed by atoms with Crippen molar-refractivity contribution in [1.29, 1.82) is 0 Å². The summed E-state index contributed by atoms with van der Waals surface area (Å²) >= 11 is 1.50. The van der Waals surface area contributed by atoms with Gasteiger partial charge in [0.1, 0.15) is 0 Å². The normalized spacial score (nSPS) is 21.7. The number of sulfonamides is 1. The topological polar surface area (TPSA) is 77.5 Å². The fourth-order valence-electron chi connectivity index (χ4n) is 2.58. The minimum atomic E-state index is -3.44. The number of hydrogen-bond acceptors (Lipinski definition) is 6. The zero-order valence-corrected chi connectivity index (χ0v) is 14.8. The summed E-state index contributed by atoms with van der Waals surface area (Å²) in [5.41, 5.74) is 3.35. The quantitative estimate of drug-likeness (QED) is 0.808. The number of benzene rings is 1. The van der Waals surface area contributed by atoms with Crippen molar-refractivity contribution in [2.75, 3.05) is 13.2 Å². The number of nitrogens with zero attached hydrogens (tertiary/aromatic N) is 1. The highest BCUT2D eigenvalue weighted by Gasteiger charge is 2.30. The Kier molecular flexibility index (Phi) is 5.96. The zero-order valence-electron chi connectivity index (χ0n) is 13.1. The summed E-state index contributed by atoms with van der Waals surface area (Å²) in [5, 5.41) is 1.91. The van der Waals surface area contributed by atoms with Gasteiger partial charge in [-0.05, 0) is 12.0 Å². The van der Waals surface area contributed by atoms with Gasteiger partial charge in [0.05, 0.1) is 42.3 Å². The summed E-state index contributed by atoms with van der Waals surface area (Å²) in [6.07, 6.45) is 0.279. The smallest absolute Gasteiger partial charge is 0.216 e. The summed E-state index contributed by atoms with van der Waals surface area (Å²) in [4.78, 5) is 4.17. The van der Waals surface area contributed by atoms with E-state index in [1.807, 2.05) is 23.6 Å². The van der Waals surface area contributed by atoms with Crippen molar-refractivity contribution in [1.82, 2.24) is 9.71 Å². The van der Waals surface area contributed by atoms with Gasteiger partial charge in [-0.1, -0.05) is 30.3 Å². The molecular weight excluding hydrogens is 348 g/mol. The molecule has 3 rings (SSSR count). The van der Waals surface area contributed by atoms with Gasteiger partial charge in [-0.25, -0.2) is 18.1 Å². The second kappa shape index (κ2) is 8.17. The predicted molar refractivity (Wildman–Crippen MR) is 92.1 cm³/mol. The first-order valence-corrected chi connectivity index (χ1v) is 10.3. The maximum absolute atomic E-state index is 12.4. The maximum Gasteiger partial charge on any atom is 0.216 e. The van der Waals surface area contributed by atoms with Crippen molar-refractivity contribution in [2.45, 2.75) is 30.9 Å². The summed E-state index contributed by atoms with van der Waals surface area (Å²) in [6, 6.07) is 8.85. The molecule has 6 nitrogen and oxygen atoms in total. The molecule has 1 aromatic carbocycles. The van der Waals surface area contributed by atoms with Crippen LogP contribution in [0.25, 0.3) is 0 Å². The molecule has 1 aliphatic rings. The first kappa shape index (κ1) is 17.5. The largest absolute Gasteiger partial charge is 0.379 e. The average molecular weight is 368 g/mol. The van der Waals surface area contributed by atoms with Crippen LogP contribution in [0.3, 0.4) is 0 Å². The number of thiazole rings is 1. The lowest BCUT2D eigenvalue weighted by Crippen LogP contribution is -2.50. The van der Waals surface area contributed by atoms with Crippen LogP contribution in [-0.2, 0) is 31.9 Å². The van der Waals surface area contributed by atoms with E-state index in [0.717, 1.165) is 11.3 Å². The van der Waals surface area contributed by atoms with Crippen molar-refractivity contribution in [3.05, 3.63) is 52.5 Å². The molecular formula is C16H20N2O4S2. The van der Waals surface area contributed by atoms with Crippen LogP contribution in [0.2, 0.25) is 0 Å². The number of hydrogen-bond donors (Lipinski definition) is 1.